The number of hydrogen-bond donors (Lipinski definition) is 1. The third-order valence-electron chi connectivity index (χ3n) is 3.37. The second-order valence-corrected chi connectivity index (χ2v) is 4.44. The fourth-order valence-corrected chi connectivity index (χ4v) is 2.35. The van der Waals surface area contributed by atoms with Gasteiger partial charge in [-0.3, -0.25) is 4.79 Å². The highest BCUT2D eigenvalue weighted by Crippen LogP contribution is 2.38. The van der Waals surface area contributed by atoms with E-state index in [1.807, 2.05) is 6.92 Å². The van der Waals surface area contributed by atoms with Crippen molar-refractivity contribution in [1.82, 2.24) is 4.90 Å². The van der Waals surface area contributed by atoms with Gasteiger partial charge in [0.2, 0.25) is 5.78 Å². The Bertz CT molecular complexity index is 606. The van der Waals surface area contributed by atoms with E-state index in [2.05, 4.69) is 0 Å². The second kappa shape index (κ2) is 3.35. The molecule has 0 aromatic heterocycles. The van der Waals surface area contributed by atoms with Gasteiger partial charge in [0.05, 0.1) is 11.7 Å². The number of cyclic esters (lactones) is 1. The Morgan fingerprint density at radius 2 is 2.00 bits per heavy atom. The number of allylic oxidation sites excluding steroid dienone is 3. The number of carbonyl (C=O) groups is 2. The molecular formula is C13H11NO4. The van der Waals surface area contributed by atoms with Crippen molar-refractivity contribution >= 4 is 11.8 Å². The lowest BCUT2D eigenvalue weighted by molar-refractivity contribution is -0.138. The molecule has 0 bridgehead atoms. The molecule has 0 aromatic carbocycles. The van der Waals surface area contributed by atoms with Crippen LogP contribution in [0.25, 0.3) is 0 Å². The van der Waals surface area contributed by atoms with Gasteiger partial charge in [-0.2, -0.15) is 0 Å². The van der Waals surface area contributed by atoms with Crippen LogP contribution in [0.5, 0.6) is 0 Å². The van der Waals surface area contributed by atoms with Crippen LogP contribution >= 0.6 is 0 Å². The number of rotatable bonds is 0. The number of ketones is 1. The van der Waals surface area contributed by atoms with Crippen molar-refractivity contribution in [1.29, 1.82) is 0 Å². The van der Waals surface area contributed by atoms with Gasteiger partial charge in [0, 0.05) is 0 Å². The molecular weight excluding hydrogens is 234 g/mol. The molecule has 5 heteroatoms. The number of ether oxygens (including phenoxy) is 1. The molecule has 92 valence electrons. The predicted octanol–water partition coefficient (Wildman–Crippen LogP) is 1.31. The lowest BCUT2D eigenvalue weighted by Crippen LogP contribution is -2.36. The van der Waals surface area contributed by atoms with Crippen LogP contribution in [0, 0.1) is 0 Å². The first kappa shape index (κ1) is 10.8. The zero-order valence-corrected chi connectivity index (χ0v) is 9.93. The highest BCUT2D eigenvalue weighted by Gasteiger charge is 2.40. The third-order valence-corrected chi connectivity index (χ3v) is 3.37. The Morgan fingerprint density at radius 3 is 2.72 bits per heavy atom. The molecule has 0 saturated carbocycles. The number of nitrogens with zero attached hydrogens (tertiary/aromatic N) is 1. The van der Waals surface area contributed by atoms with Crippen LogP contribution in [-0.4, -0.2) is 27.8 Å². The highest BCUT2D eigenvalue weighted by atomic mass is 16.5. The molecule has 0 fully saturated rings. The molecule has 18 heavy (non-hydrogen) atoms. The molecule has 3 aliphatic rings. The fraction of sp³-hybridized carbons (Fsp3) is 0.231. The summed E-state index contributed by atoms with van der Waals surface area (Å²) in [5.41, 5.74) is 1.89. The van der Waals surface area contributed by atoms with Crippen molar-refractivity contribution in [2.24, 2.45) is 0 Å². The molecule has 3 rings (SSSR count). The number of hydrogen-bond acceptors (Lipinski definition) is 5. The largest absolute Gasteiger partial charge is 0.504 e. The van der Waals surface area contributed by atoms with Crippen molar-refractivity contribution in [2.45, 2.75) is 19.9 Å². The highest BCUT2D eigenvalue weighted by molar-refractivity contribution is 6.05. The summed E-state index contributed by atoms with van der Waals surface area (Å²) >= 11 is 0. The maximum Gasteiger partial charge on any atom is 0.360 e. The SMILES string of the molecule is CC1=C(C)N2C(=CC3=CC(=O)C(O)=CC32)C(=O)O1. The third kappa shape index (κ3) is 1.27. The number of aliphatic hydroxyl groups is 1. The van der Waals surface area contributed by atoms with E-state index in [-0.39, 0.29) is 11.8 Å². The smallest absolute Gasteiger partial charge is 0.360 e. The Labute approximate surface area is 103 Å². The van der Waals surface area contributed by atoms with Gasteiger partial charge in [-0.1, -0.05) is 0 Å². The van der Waals surface area contributed by atoms with E-state index in [1.54, 1.807) is 17.9 Å². The van der Waals surface area contributed by atoms with Crippen LogP contribution < -0.4 is 0 Å². The van der Waals surface area contributed by atoms with E-state index in [4.69, 9.17) is 4.74 Å². The monoisotopic (exact) mass is 245 g/mol. The number of fused-ring (bicyclic) bond motifs is 3. The standard InChI is InChI=1S/C13H11NO4/c1-6-7(2)18-13(17)10-3-8-4-11(15)12(16)5-9(8)14(6)10/h3-5,9,16H,1-2H3. The van der Waals surface area contributed by atoms with E-state index in [0.717, 1.165) is 5.70 Å². The van der Waals surface area contributed by atoms with Gasteiger partial charge in [0.15, 0.2) is 5.76 Å². The van der Waals surface area contributed by atoms with E-state index in [1.165, 1.54) is 12.2 Å². The van der Waals surface area contributed by atoms with Crippen molar-refractivity contribution in [3.8, 4) is 0 Å². The summed E-state index contributed by atoms with van der Waals surface area (Å²) in [5.74, 6) is -0.635. The molecule has 0 amide bonds. The summed E-state index contributed by atoms with van der Waals surface area (Å²) in [6, 6.07) is -0.305. The average Bonchev–Trinajstić information content (AvgIpc) is 2.66. The summed E-state index contributed by atoms with van der Waals surface area (Å²) < 4.78 is 5.11. The first-order valence-electron chi connectivity index (χ1n) is 5.56. The Kier molecular flexibility index (Phi) is 2.02. The predicted molar refractivity (Wildman–Crippen MR) is 62.0 cm³/mol. The minimum atomic E-state index is -0.440. The van der Waals surface area contributed by atoms with Crippen molar-refractivity contribution in [2.75, 3.05) is 0 Å². The molecule has 5 nitrogen and oxygen atoms in total. The first-order valence-corrected chi connectivity index (χ1v) is 5.56. The fourth-order valence-electron chi connectivity index (χ4n) is 2.35. The van der Waals surface area contributed by atoms with E-state index in [0.29, 0.717) is 17.0 Å². The van der Waals surface area contributed by atoms with E-state index in [9.17, 15) is 14.7 Å². The second-order valence-electron chi connectivity index (χ2n) is 4.44. The molecule has 1 atom stereocenters. The van der Waals surface area contributed by atoms with Crippen LogP contribution in [0.1, 0.15) is 13.8 Å². The Morgan fingerprint density at radius 1 is 1.28 bits per heavy atom. The topological polar surface area (TPSA) is 66.8 Å². The van der Waals surface area contributed by atoms with Gasteiger partial charge in [-0.05, 0) is 37.6 Å². The van der Waals surface area contributed by atoms with Crippen molar-refractivity contribution in [3.05, 3.63) is 46.7 Å². The maximum atomic E-state index is 11.8. The average molecular weight is 245 g/mol. The molecule has 0 aromatic rings. The van der Waals surface area contributed by atoms with Crippen LogP contribution in [0.4, 0.5) is 0 Å². The lowest BCUT2D eigenvalue weighted by Gasteiger charge is -2.33. The van der Waals surface area contributed by atoms with Gasteiger partial charge in [-0.25, -0.2) is 4.79 Å². The zero-order chi connectivity index (χ0) is 13.0. The summed E-state index contributed by atoms with van der Waals surface area (Å²) in [5, 5.41) is 9.52. The quantitative estimate of drug-likeness (QED) is 0.652. The van der Waals surface area contributed by atoms with Gasteiger partial charge >= 0.3 is 5.97 Å². The lowest BCUT2D eigenvalue weighted by atomic mass is 10.00. The first-order chi connectivity index (χ1) is 8.49. The molecule has 1 unspecified atom stereocenters. The summed E-state index contributed by atoms with van der Waals surface area (Å²) in [4.78, 5) is 24.9. The molecule has 1 aliphatic carbocycles. The van der Waals surface area contributed by atoms with Gasteiger partial charge in [-0.15, -0.1) is 0 Å². The van der Waals surface area contributed by atoms with Crippen LogP contribution in [0.2, 0.25) is 0 Å². The number of aliphatic hydroxyl groups excluding tert-OH is 1. The molecule has 1 N–H and O–H groups in total. The maximum absolute atomic E-state index is 11.8. The number of esters is 1. The molecule has 2 aliphatic heterocycles. The number of carbonyl (C=O) groups excluding carboxylic acids is 2. The van der Waals surface area contributed by atoms with Crippen molar-refractivity contribution < 1.29 is 19.4 Å². The molecule has 2 heterocycles. The minimum Gasteiger partial charge on any atom is -0.504 e. The van der Waals surface area contributed by atoms with Crippen molar-refractivity contribution in [3.63, 3.8) is 0 Å². The van der Waals surface area contributed by atoms with Crippen LogP contribution in [-0.2, 0) is 14.3 Å². The van der Waals surface area contributed by atoms with Gasteiger partial charge in [0.25, 0.3) is 0 Å². The normalized spacial score (nSPS) is 26.2. The minimum absolute atomic E-state index is 0.289. The molecule has 0 spiro atoms. The molecule has 0 radical (unpaired) electrons. The summed E-state index contributed by atoms with van der Waals surface area (Å²) in [6.45, 7) is 3.54. The van der Waals surface area contributed by atoms with Crippen LogP contribution in [0.3, 0.4) is 0 Å². The Balaban J connectivity index is 2.15. The van der Waals surface area contributed by atoms with E-state index < -0.39 is 11.8 Å². The van der Waals surface area contributed by atoms with E-state index >= 15 is 0 Å². The Hall–Kier alpha value is -2.30. The van der Waals surface area contributed by atoms with Crippen LogP contribution in [0.15, 0.2) is 46.7 Å². The van der Waals surface area contributed by atoms with Gasteiger partial charge in [0.1, 0.15) is 11.5 Å². The zero-order valence-electron chi connectivity index (χ0n) is 9.93. The summed E-state index contributed by atoms with van der Waals surface area (Å²) in [7, 11) is 0. The summed E-state index contributed by atoms with van der Waals surface area (Å²) in [6.07, 6.45) is 4.43. The van der Waals surface area contributed by atoms with Gasteiger partial charge < -0.3 is 14.7 Å². The molecule has 0 saturated heterocycles.